The monoisotopic (exact) mass is 457 g/mol. The molecular formula is C27H24FN3O3. The van der Waals surface area contributed by atoms with Crippen LogP contribution in [-0.2, 0) is 4.79 Å². The average Bonchev–Trinajstić information content (AvgIpc) is 3.23. The van der Waals surface area contributed by atoms with Crippen LogP contribution in [0, 0.1) is 12.9 Å². The Hall–Kier alpha value is -4.26. The molecule has 0 aliphatic carbocycles. The van der Waals surface area contributed by atoms with E-state index in [1.54, 1.807) is 19.4 Å². The van der Waals surface area contributed by atoms with Gasteiger partial charge in [-0.2, -0.15) is 9.49 Å². The number of ether oxygens (including phenoxy) is 1. The van der Waals surface area contributed by atoms with Crippen LogP contribution in [0.3, 0.4) is 0 Å². The third-order valence-corrected chi connectivity index (χ3v) is 5.70. The van der Waals surface area contributed by atoms with Gasteiger partial charge in [0.25, 0.3) is 0 Å². The highest BCUT2D eigenvalue weighted by Gasteiger charge is 2.20. The van der Waals surface area contributed by atoms with E-state index in [1.807, 2.05) is 49.4 Å². The number of halogens is 1. The molecule has 2 aromatic carbocycles. The Morgan fingerprint density at radius 2 is 1.94 bits per heavy atom. The molecule has 0 saturated heterocycles. The van der Waals surface area contributed by atoms with Crippen molar-refractivity contribution in [1.29, 1.82) is 0 Å². The van der Waals surface area contributed by atoms with E-state index in [-0.39, 0.29) is 0 Å². The summed E-state index contributed by atoms with van der Waals surface area (Å²) < 4.78 is 20.1. The van der Waals surface area contributed by atoms with Gasteiger partial charge in [-0.05, 0) is 64.5 Å². The van der Waals surface area contributed by atoms with Crippen LogP contribution in [0.4, 0.5) is 4.39 Å². The summed E-state index contributed by atoms with van der Waals surface area (Å²) in [6.45, 7) is 4.04. The predicted molar refractivity (Wildman–Crippen MR) is 131 cm³/mol. The molecule has 0 aliphatic rings. The molecule has 6 nitrogen and oxygen atoms in total. The Morgan fingerprint density at radius 3 is 2.59 bits per heavy atom. The molecule has 0 unspecified atom stereocenters. The molecule has 4 aromatic rings. The molecule has 0 fully saturated rings. The number of carboxylic acid groups (broad SMARTS) is 1. The number of fused-ring (bicyclic) bond motifs is 1. The number of hydrogen-bond acceptors (Lipinski definition) is 4. The van der Waals surface area contributed by atoms with Crippen LogP contribution < -0.4 is 4.74 Å². The van der Waals surface area contributed by atoms with Gasteiger partial charge in [0.1, 0.15) is 0 Å². The van der Waals surface area contributed by atoms with E-state index >= 15 is 0 Å². The van der Waals surface area contributed by atoms with Crippen molar-refractivity contribution in [2.24, 2.45) is 0 Å². The molecule has 4 rings (SSSR count). The number of aromatic nitrogens is 3. The first-order valence-electron chi connectivity index (χ1n) is 10.8. The molecule has 0 amide bonds. The number of aliphatic carboxylic acids is 1. The summed E-state index contributed by atoms with van der Waals surface area (Å²) >= 11 is 0. The molecule has 0 aliphatic heterocycles. The van der Waals surface area contributed by atoms with E-state index in [4.69, 9.17) is 9.84 Å². The van der Waals surface area contributed by atoms with E-state index in [1.165, 1.54) is 6.08 Å². The predicted octanol–water partition coefficient (Wildman–Crippen LogP) is 5.88. The minimum absolute atomic E-state index is 0.414. The largest absolute Gasteiger partial charge is 0.481 e. The molecule has 0 spiro atoms. The van der Waals surface area contributed by atoms with Crippen molar-refractivity contribution in [2.75, 3.05) is 7.11 Å². The van der Waals surface area contributed by atoms with Gasteiger partial charge in [-0.1, -0.05) is 43.3 Å². The summed E-state index contributed by atoms with van der Waals surface area (Å²) in [5.41, 5.74) is 6.65. The van der Waals surface area contributed by atoms with Gasteiger partial charge in [-0.3, -0.25) is 5.10 Å². The zero-order valence-electron chi connectivity index (χ0n) is 19.1. The van der Waals surface area contributed by atoms with Gasteiger partial charge in [-0.15, -0.1) is 0 Å². The SMILES string of the molecule is CCC(=C(c1ccc(C=CC(=O)O)cc1)c1cccc2n[nH]c(F)c12)c1cnc(OC)cc1C. The fraction of sp³-hybridized carbons (Fsp3) is 0.148. The van der Waals surface area contributed by atoms with Crippen molar-refractivity contribution >= 4 is 34.1 Å². The number of aryl methyl sites for hydroxylation is 1. The molecule has 0 atom stereocenters. The number of carboxylic acids is 1. The molecule has 0 bridgehead atoms. The Labute approximate surface area is 196 Å². The van der Waals surface area contributed by atoms with Crippen LogP contribution in [0.1, 0.15) is 41.2 Å². The molecule has 0 radical (unpaired) electrons. The first-order chi connectivity index (χ1) is 16.4. The van der Waals surface area contributed by atoms with Crippen molar-refractivity contribution in [3.05, 3.63) is 94.6 Å². The molecule has 34 heavy (non-hydrogen) atoms. The number of carbonyl (C=O) groups is 1. The third kappa shape index (κ3) is 4.45. The second-order valence-corrected chi connectivity index (χ2v) is 7.78. The Balaban J connectivity index is 2.00. The fourth-order valence-corrected chi connectivity index (χ4v) is 4.12. The molecule has 7 heteroatoms. The Morgan fingerprint density at radius 1 is 1.18 bits per heavy atom. The highest BCUT2D eigenvalue weighted by molar-refractivity contribution is 6.06. The normalized spacial score (nSPS) is 12.2. The van der Waals surface area contributed by atoms with Gasteiger partial charge >= 0.3 is 5.97 Å². The fourth-order valence-electron chi connectivity index (χ4n) is 4.12. The highest BCUT2D eigenvalue weighted by Crippen LogP contribution is 2.39. The van der Waals surface area contributed by atoms with Gasteiger partial charge in [-0.25, -0.2) is 9.78 Å². The van der Waals surface area contributed by atoms with Crippen LogP contribution in [0.15, 0.2) is 60.8 Å². The van der Waals surface area contributed by atoms with Gasteiger partial charge < -0.3 is 9.84 Å². The lowest BCUT2D eigenvalue weighted by atomic mass is 9.86. The van der Waals surface area contributed by atoms with E-state index in [0.29, 0.717) is 28.8 Å². The van der Waals surface area contributed by atoms with Crippen LogP contribution in [0.25, 0.3) is 28.1 Å². The summed E-state index contributed by atoms with van der Waals surface area (Å²) in [7, 11) is 1.58. The second-order valence-electron chi connectivity index (χ2n) is 7.78. The quantitative estimate of drug-likeness (QED) is 0.338. The number of H-pyrrole nitrogens is 1. The van der Waals surface area contributed by atoms with Crippen molar-refractivity contribution in [3.63, 3.8) is 0 Å². The van der Waals surface area contributed by atoms with Crippen LogP contribution in [0.5, 0.6) is 5.88 Å². The van der Waals surface area contributed by atoms with Crippen molar-refractivity contribution in [3.8, 4) is 5.88 Å². The number of aromatic amines is 1. The summed E-state index contributed by atoms with van der Waals surface area (Å²) in [6.07, 6.45) is 5.07. The number of pyridine rings is 1. The minimum Gasteiger partial charge on any atom is -0.481 e. The van der Waals surface area contributed by atoms with Crippen LogP contribution in [0.2, 0.25) is 0 Å². The van der Waals surface area contributed by atoms with Gasteiger partial charge in [0.15, 0.2) is 0 Å². The number of nitrogens with zero attached hydrogens (tertiary/aromatic N) is 2. The highest BCUT2D eigenvalue weighted by atomic mass is 19.1. The third-order valence-electron chi connectivity index (χ3n) is 5.70. The van der Waals surface area contributed by atoms with Gasteiger partial charge in [0.2, 0.25) is 11.8 Å². The van der Waals surface area contributed by atoms with Gasteiger partial charge in [0.05, 0.1) is 18.0 Å². The first-order valence-corrected chi connectivity index (χ1v) is 10.8. The maximum atomic E-state index is 14.8. The number of methoxy groups -OCH3 is 1. The lowest BCUT2D eigenvalue weighted by Gasteiger charge is -2.18. The van der Waals surface area contributed by atoms with Crippen LogP contribution in [-0.4, -0.2) is 33.4 Å². The zero-order chi connectivity index (χ0) is 24.2. The van der Waals surface area contributed by atoms with E-state index in [2.05, 4.69) is 22.1 Å². The number of hydrogen-bond donors (Lipinski definition) is 2. The minimum atomic E-state index is -1.01. The zero-order valence-corrected chi connectivity index (χ0v) is 19.1. The molecule has 2 N–H and O–H groups in total. The molecule has 172 valence electrons. The number of rotatable bonds is 7. The number of benzene rings is 2. The lowest BCUT2D eigenvalue weighted by Crippen LogP contribution is -2.00. The summed E-state index contributed by atoms with van der Waals surface area (Å²) in [5.74, 6) is -0.984. The first kappa shape index (κ1) is 22.9. The number of nitrogens with one attached hydrogen (secondary N) is 1. The Kier molecular flexibility index (Phi) is 6.54. The standard InChI is InChI=1S/C27H24FN3O3/c1-4-19(21-15-29-23(34-3)14-16(21)2)25(18-11-8-17(9-12-18)10-13-24(32)33)20-6-5-7-22-26(20)27(28)31-30-22/h5-15H,4H2,1-3H3,(H,30,31)(H,32,33). The van der Waals surface area contributed by atoms with Crippen LogP contribution >= 0.6 is 0 Å². The molecular weight excluding hydrogens is 433 g/mol. The molecule has 2 heterocycles. The van der Waals surface area contributed by atoms with Crippen molar-refractivity contribution in [1.82, 2.24) is 15.2 Å². The Bertz CT molecular complexity index is 1420. The lowest BCUT2D eigenvalue weighted by molar-refractivity contribution is -0.131. The van der Waals surface area contributed by atoms with Gasteiger partial charge in [0, 0.05) is 18.3 Å². The van der Waals surface area contributed by atoms with E-state index in [0.717, 1.165) is 39.5 Å². The summed E-state index contributed by atoms with van der Waals surface area (Å²) in [4.78, 5) is 15.3. The summed E-state index contributed by atoms with van der Waals surface area (Å²) in [5, 5.41) is 15.9. The van der Waals surface area contributed by atoms with E-state index in [9.17, 15) is 9.18 Å². The average molecular weight is 458 g/mol. The maximum Gasteiger partial charge on any atom is 0.328 e. The molecule has 2 aromatic heterocycles. The van der Waals surface area contributed by atoms with Crippen molar-refractivity contribution < 1.29 is 19.0 Å². The van der Waals surface area contributed by atoms with Crippen molar-refractivity contribution in [2.45, 2.75) is 20.3 Å². The topological polar surface area (TPSA) is 88.1 Å². The van der Waals surface area contributed by atoms with E-state index < -0.39 is 11.9 Å². The maximum absolute atomic E-state index is 14.8. The number of allylic oxidation sites excluding steroid dienone is 1. The molecule has 0 saturated carbocycles. The summed E-state index contributed by atoms with van der Waals surface area (Å²) in [6, 6.07) is 14.9. The smallest absolute Gasteiger partial charge is 0.328 e. The second kappa shape index (κ2) is 9.70.